The van der Waals surface area contributed by atoms with E-state index in [1.807, 2.05) is 6.08 Å². The molecular formula is C19H19FN2O. The molecule has 0 fully saturated rings. The van der Waals surface area contributed by atoms with Gasteiger partial charge in [-0.1, -0.05) is 19.1 Å². The lowest BCUT2D eigenvalue weighted by Crippen LogP contribution is -2.07. The summed E-state index contributed by atoms with van der Waals surface area (Å²) in [4.78, 5) is 15.6. The molecule has 2 aromatic rings. The zero-order valence-electron chi connectivity index (χ0n) is 13.1. The van der Waals surface area contributed by atoms with Crippen LogP contribution in [0.3, 0.4) is 0 Å². The van der Waals surface area contributed by atoms with Crippen LogP contribution in [0.25, 0.3) is 11.6 Å². The van der Waals surface area contributed by atoms with Gasteiger partial charge in [0, 0.05) is 17.0 Å². The zero-order chi connectivity index (χ0) is 16.0. The first-order valence-corrected chi connectivity index (χ1v) is 8.21. The van der Waals surface area contributed by atoms with Gasteiger partial charge >= 0.3 is 0 Å². The third-order valence-electron chi connectivity index (χ3n) is 4.95. The summed E-state index contributed by atoms with van der Waals surface area (Å²) >= 11 is 0. The van der Waals surface area contributed by atoms with Crippen molar-refractivity contribution in [2.45, 2.75) is 38.5 Å². The van der Waals surface area contributed by atoms with Crippen molar-refractivity contribution in [1.29, 1.82) is 0 Å². The van der Waals surface area contributed by atoms with Gasteiger partial charge in [-0.05, 0) is 55.4 Å². The number of halogens is 1. The number of hydrogen-bond donors (Lipinski definition) is 2. The third kappa shape index (κ3) is 2.29. The van der Waals surface area contributed by atoms with Crippen LogP contribution >= 0.6 is 0 Å². The first kappa shape index (κ1) is 14.2. The molecule has 0 radical (unpaired) electrons. The molecule has 4 heteroatoms. The predicted octanol–water partition coefficient (Wildman–Crippen LogP) is 4.48. The number of amides is 1. The van der Waals surface area contributed by atoms with Crippen LogP contribution in [0.1, 0.15) is 54.6 Å². The minimum atomic E-state index is -0.393. The molecule has 1 unspecified atom stereocenters. The minimum absolute atomic E-state index is 0.246. The normalized spacial score (nSPS) is 21.2. The van der Waals surface area contributed by atoms with E-state index in [0.29, 0.717) is 17.1 Å². The number of aryl methyl sites for hydroxylation is 1. The number of aromatic nitrogens is 1. The Hall–Kier alpha value is -2.36. The average molecular weight is 310 g/mol. The number of carbonyl (C=O) groups excluding carboxylic acids is 1. The Kier molecular flexibility index (Phi) is 3.33. The van der Waals surface area contributed by atoms with E-state index in [9.17, 15) is 9.18 Å². The maximum atomic E-state index is 13.8. The second-order valence-corrected chi connectivity index (χ2v) is 6.33. The summed E-state index contributed by atoms with van der Waals surface area (Å²) in [6, 6.07) is 6.93. The molecule has 0 spiro atoms. The monoisotopic (exact) mass is 310 g/mol. The van der Waals surface area contributed by atoms with Crippen molar-refractivity contribution < 1.29 is 9.18 Å². The van der Waals surface area contributed by atoms with Crippen LogP contribution in [0.5, 0.6) is 0 Å². The molecule has 0 saturated carbocycles. The van der Waals surface area contributed by atoms with E-state index in [4.69, 9.17) is 0 Å². The number of carbonyl (C=O) groups is 1. The van der Waals surface area contributed by atoms with E-state index in [2.05, 4.69) is 23.3 Å². The highest BCUT2D eigenvalue weighted by atomic mass is 19.1. The van der Waals surface area contributed by atoms with Crippen molar-refractivity contribution in [1.82, 2.24) is 4.98 Å². The third-order valence-corrected chi connectivity index (χ3v) is 4.95. The van der Waals surface area contributed by atoms with E-state index in [0.717, 1.165) is 18.5 Å². The van der Waals surface area contributed by atoms with Gasteiger partial charge in [-0.3, -0.25) is 4.79 Å². The molecule has 2 N–H and O–H groups in total. The highest BCUT2D eigenvalue weighted by Gasteiger charge is 2.27. The molecule has 118 valence electrons. The van der Waals surface area contributed by atoms with E-state index < -0.39 is 5.82 Å². The summed E-state index contributed by atoms with van der Waals surface area (Å²) in [6.07, 6.45) is 6.47. The molecule has 1 aromatic carbocycles. The van der Waals surface area contributed by atoms with Crippen molar-refractivity contribution in [3.63, 3.8) is 0 Å². The number of aromatic amines is 1. The molecule has 3 nitrogen and oxygen atoms in total. The van der Waals surface area contributed by atoms with Gasteiger partial charge in [-0.15, -0.1) is 0 Å². The summed E-state index contributed by atoms with van der Waals surface area (Å²) in [6.45, 7) is 2.22. The Morgan fingerprint density at radius 3 is 3.09 bits per heavy atom. The van der Waals surface area contributed by atoms with Gasteiger partial charge in [0.25, 0.3) is 5.91 Å². The number of rotatable bonds is 2. The molecular weight excluding hydrogens is 291 g/mol. The van der Waals surface area contributed by atoms with Gasteiger partial charge < -0.3 is 10.3 Å². The lowest BCUT2D eigenvalue weighted by molar-refractivity contribution is -0.110. The SMILES string of the molecule is CCC1CCCc2[nH]c(C=C3C(=O)Nc4c(F)cccc43)cc21. The van der Waals surface area contributed by atoms with Crippen molar-refractivity contribution in [3.8, 4) is 0 Å². The summed E-state index contributed by atoms with van der Waals surface area (Å²) in [5.41, 5.74) is 5.03. The van der Waals surface area contributed by atoms with Gasteiger partial charge in [0.05, 0.1) is 11.3 Å². The molecule has 0 saturated heterocycles. The largest absolute Gasteiger partial charge is 0.359 e. The van der Waals surface area contributed by atoms with Crippen LogP contribution in [0.2, 0.25) is 0 Å². The molecule has 2 heterocycles. The van der Waals surface area contributed by atoms with Crippen molar-refractivity contribution in [3.05, 3.63) is 52.6 Å². The van der Waals surface area contributed by atoms with E-state index >= 15 is 0 Å². The van der Waals surface area contributed by atoms with Crippen LogP contribution in [-0.4, -0.2) is 10.9 Å². The molecule has 1 amide bonds. The molecule has 1 aromatic heterocycles. The topological polar surface area (TPSA) is 44.9 Å². The highest BCUT2D eigenvalue weighted by Crippen LogP contribution is 2.37. The lowest BCUT2D eigenvalue weighted by Gasteiger charge is -2.20. The van der Waals surface area contributed by atoms with Gasteiger partial charge in [0.1, 0.15) is 5.82 Å². The van der Waals surface area contributed by atoms with Crippen molar-refractivity contribution in [2.24, 2.45) is 0 Å². The van der Waals surface area contributed by atoms with E-state index in [1.54, 1.807) is 12.1 Å². The van der Waals surface area contributed by atoms with Crippen molar-refractivity contribution >= 4 is 23.2 Å². The molecule has 23 heavy (non-hydrogen) atoms. The zero-order valence-corrected chi connectivity index (χ0v) is 13.1. The fourth-order valence-corrected chi connectivity index (χ4v) is 3.77. The molecule has 1 aliphatic heterocycles. The number of H-pyrrole nitrogens is 1. The van der Waals surface area contributed by atoms with Crippen LogP contribution in [0, 0.1) is 5.82 Å². The van der Waals surface area contributed by atoms with Crippen LogP contribution < -0.4 is 5.32 Å². The smallest absolute Gasteiger partial charge is 0.256 e. The first-order valence-electron chi connectivity index (χ1n) is 8.21. The number of hydrogen-bond acceptors (Lipinski definition) is 1. The standard InChI is InChI=1S/C19H19FN2O/c1-2-11-5-3-8-17-14(11)9-12(21-17)10-15-13-6-4-7-16(20)18(13)22-19(15)23/h4,6-7,9-11,21H,2-3,5,8H2,1H3,(H,22,23). The van der Waals surface area contributed by atoms with Gasteiger partial charge in [-0.25, -0.2) is 4.39 Å². The Morgan fingerprint density at radius 2 is 2.26 bits per heavy atom. The maximum absolute atomic E-state index is 13.8. The number of benzene rings is 1. The van der Waals surface area contributed by atoms with Gasteiger partial charge in [0.2, 0.25) is 0 Å². The number of nitrogens with one attached hydrogen (secondary N) is 2. The minimum Gasteiger partial charge on any atom is -0.359 e. The number of para-hydroxylation sites is 1. The molecule has 4 rings (SSSR count). The molecule has 2 aliphatic rings. The van der Waals surface area contributed by atoms with Crippen LogP contribution in [0.15, 0.2) is 24.3 Å². The summed E-state index contributed by atoms with van der Waals surface area (Å²) in [5.74, 6) is -0.0370. The van der Waals surface area contributed by atoms with Crippen molar-refractivity contribution in [2.75, 3.05) is 5.32 Å². The summed E-state index contributed by atoms with van der Waals surface area (Å²) < 4.78 is 13.8. The molecule has 1 aliphatic carbocycles. The molecule has 0 bridgehead atoms. The number of fused-ring (bicyclic) bond motifs is 2. The maximum Gasteiger partial charge on any atom is 0.256 e. The Bertz CT molecular complexity index is 819. The first-order chi connectivity index (χ1) is 11.2. The van der Waals surface area contributed by atoms with E-state index in [1.165, 1.54) is 30.2 Å². The lowest BCUT2D eigenvalue weighted by atomic mass is 9.85. The quantitative estimate of drug-likeness (QED) is 0.789. The second kappa shape index (κ2) is 5.37. The van der Waals surface area contributed by atoms with Gasteiger partial charge in [0.15, 0.2) is 0 Å². The van der Waals surface area contributed by atoms with Gasteiger partial charge in [-0.2, -0.15) is 0 Å². The molecule has 1 atom stereocenters. The fraction of sp³-hybridized carbons (Fsp3) is 0.316. The fourth-order valence-electron chi connectivity index (χ4n) is 3.77. The number of anilines is 1. The van der Waals surface area contributed by atoms with E-state index in [-0.39, 0.29) is 11.6 Å². The summed E-state index contributed by atoms with van der Waals surface area (Å²) in [7, 11) is 0. The Balaban J connectivity index is 1.76. The Morgan fingerprint density at radius 1 is 1.39 bits per heavy atom. The average Bonchev–Trinajstić information content (AvgIpc) is 3.10. The highest BCUT2D eigenvalue weighted by molar-refractivity contribution is 6.34. The van der Waals surface area contributed by atoms with Crippen LogP contribution in [0.4, 0.5) is 10.1 Å². The Labute approximate surface area is 134 Å². The summed E-state index contributed by atoms with van der Waals surface area (Å²) in [5, 5.41) is 2.62. The predicted molar refractivity (Wildman–Crippen MR) is 89.7 cm³/mol. The second-order valence-electron chi connectivity index (χ2n) is 6.33. The van der Waals surface area contributed by atoms with Crippen LogP contribution in [-0.2, 0) is 11.2 Å².